The molecule has 0 amide bonds. The van der Waals surface area contributed by atoms with Crippen molar-refractivity contribution in [3.63, 3.8) is 0 Å². The number of ether oxygens (including phenoxy) is 2. The van der Waals surface area contributed by atoms with E-state index in [0.717, 1.165) is 0 Å². The molecule has 0 aliphatic rings. The standard InChI is InChI=1S/C20H15F3O5/c1-12-14(10-18(27-12)19(24)25)11-26-15-8-6-13(7-9-15)16-4-2-3-5-17(16)28-20(21,22)23/h2-10H,11H2,1H3,(H,24,25). The molecule has 0 unspecified atom stereocenters. The Hall–Kier alpha value is -3.42. The molecule has 1 aromatic heterocycles. The fourth-order valence-electron chi connectivity index (χ4n) is 2.58. The minimum atomic E-state index is -4.78. The molecule has 0 aliphatic carbocycles. The molecule has 0 aliphatic heterocycles. The molecule has 3 rings (SSSR count). The molecule has 2 aromatic carbocycles. The zero-order valence-corrected chi connectivity index (χ0v) is 14.6. The highest BCUT2D eigenvalue weighted by Crippen LogP contribution is 2.34. The average Bonchev–Trinajstić information content (AvgIpc) is 3.01. The van der Waals surface area contributed by atoms with Crippen LogP contribution >= 0.6 is 0 Å². The summed E-state index contributed by atoms with van der Waals surface area (Å²) in [5.74, 6) is -0.729. The minimum absolute atomic E-state index is 0.0930. The summed E-state index contributed by atoms with van der Waals surface area (Å²) in [6, 6.07) is 13.7. The quantitative estimate of drug-likeness (QED) is 0.606. The Morgan fingerprint density at radius 3 is 2.39 bits per heavy atom. The van der Waals surface area contributed by atoms with E-state index in [-0.39, 0.29) is 18.1 Å². The maximum absolute atomic E-state index is 12.6. The zero-order valence-electron chi connectivity index (χ0n) is 14.6. The molecule has 0 spiro atoms. The van der Waals surface area contributed by atoms with E-state index < -0.39 is 12.3 Å². The number of alkyl halides is 3. The molecule has 0 radical (unpaired) electrons. The number of aryl methyl sites for hydroxylation is 1. The SMILES string of the molecule is Cc1oc(C(=O)O)cc1COc1ccc(-c2ccccc2OC(F)(F)F)cc1. The molecule has 1 N–H and O–H groups in total. The third kappa shape index (κ3) is 4.64. The van der Waals surface area contributed by atoms with Crippen LogP contribution in [-0.4, -0.2) is 17.4 Å². The number of carbonyl (C=O) groups is 1. The van der Waals surface area contributed by atoms with Crippen molar-refractivity contribution >= 4 is 5.97 Å². The van der Waals surface area contributed by atoms with Gasteiger partial charge in [-0.2, -0.15) is 0 Å². The van der Waals surface area contributed by atoms with Gasteiger partial charge in [-0.3, -0.25) is 0 Å². The number of hydrogen-bond donors (Lipinski definition) is 1. The largest absolute Gasteiger partial charge is 0.573 e. The highest BCUT2D eigenvalue weighted by Gasteiger charge is 2.32. The van der Waals surface area contributed by atoms with Crippen LogP contribution in [0.25, 0.3) is 11.1 Å². The van der Waals surface area contributed by atoms with Crippen molar-refractivity contribution < 1.29 is 37.0 Å². The van der Waals surface area contributed by atoms with Crippen LogP contribution in [0.2, 0.25) is 0 Å². The Morgan fingerprint density at radius 2 is 1.79 bits per heavy atom. The molecular formula is C20H15F3O5. The maximum atomic E-state index is 12.6. The summed E-state index contributed by atoms with van der Waals surface area (Å²) >= 11 is 0. The van der Waals surface area contributed by atoms with Gasteiger partial charge in [-0.25, -0.2) is 4.79 Å². The van der Waals surface area contributed by atoms with Gasteiger partial charge in [0, 0.05) is 11.1 Å². The summed E-state index contributed by atoms with van der Waals surface area (Å²) in [4.78, 5) is 10.9. The van der Waals surface area contributed by atoms with E-state index in [1.54, 1.807) is 37.3 Å². The van der Waals surface area contributed by atoms with Gasteiger partial charge in [-0.15, -0.1) is 13.2 Å². The van der Waals surface area contributed by atoms with Crippen molar-refractivity contribution in [2.75, 3.05) is 0 Å². The average molecular weight is 392 g/mol. The molecule has 0 atom stereocenters. The number of furan rings is 1. The first-order valence-electron chi connectivity index (χ1n) is 8.13. The molecule has 0 bridgehead atoms. The molecule has 0 fully saturated rings. The van der Waals surface area contributed by atoms with Crippen LogP contribution < -0.4 is 9.47 Å². The van der Waals surface area contributed by atoms with Crippen LogP contribution in [0.1, 0.15) is 21.9 Å². The first-order chi connectivity index (χ1) is 13.2. The Morgan fingerprint density at radius 1 is 1.11 bits per heavy atom. The van der Waals surface area contributed by atoms with Crippen molar-refractivity contribution in [1.82, 2.24) is 0 Å². The molecule has 3 aromatic rings. The number of para-hydroxylation sites is 1. The van der Waals surface area contributed by atoms with E-state index in [9.17, 15) is 18.0 Å². The Labute approximate surface area is 157 Å². The summed E-state index contributed by atoms with van der Waals surface area (Å²) in [6.45, 7) is 1.72. The number of carboxylic acids is 1. The lowest BCUT2D eigenvalue weighted by Gasteiger charge is -2.13. The van der Waals surface area contributed by atoms with E-state index in [1.165, 1.54) is 24.3 Å². The minimum Gasteiger partial charge on any atom is -0.489 e. The second-order valence-electron chi connectivity index (χ2n) is 5.85. The molecule has 0 saturated heterocycles. The van der Waals surface area contributed by atoms with Gasteiger partial charge in [0.05, 0.1) is 0 Å². The predicted molar refractivity (Wildman–Crippen MR) is 93.3 cm³/mol. The Kier molecular flexibility index (Phi) is 5.30. The number of aromatic carboxylic acids is 1. The van der Waals surface area contributed by atoms with Crippen LogP contribution in [0.5, 0.6) is 11.5 Å². The van der Waals surface area contributed by atoms with Crippen molar-refractivity contribution in [3.05, 3.63) is 71.7 Å². The summed E-state index contributed by atoms with van der Waals surface area (Å²) in [5, 5.41) is 8.92. The van der Waals surface area contributed by atoms with Crippen molar-refractivity contribution in [2.45, 2.75) is 19.9 Å². The molecule has 8 heteroatoms. The predicted octanol–water partition coefficient (Wildman–Crippen LogP) is 5.43. The lowest BCUT2D eigenvalue weighted by atomic mass is 10.0. The first-order valence-corrected chi connectivity index (χ1v) is 8.13. The molecule has 28 heavy (non-hydrogen) atoms. The smallest absolute Gasteiger partial charge is 0.489 e. The van der Waals surface area contributed by atoms with E-state index >= 15 is 0 Å². The van der Waals surface area contributed by atoms with Crippen molar-refractivity contribution in [2.24, 2.45) is 0 Å². The van der Waals surface area contributed by atoms with Crippen LogP contribution in [0.3, 0.4) is 0 Å². The number of carboxylic acid groups (broad SMARTS) is 1. The van der Waals surface area contributed by atoms with Crippen LogP contribution in [0.4, 0.5) is 13.2 Å². The Bertz CT molecular complexity index is 974. The third-order valence-electron chi connectivity index (χ3n) is 3.90. The van der Waals surface area contributed by atoms with E-state index in [2.05, 4.69) is 4.74 Å². The van der Waals surface area contributed by atoms with Crippen molar-refractivity contribution in [1.29, 1.82) is 0 Å². The third-order valence-corrected chi connectivity index (χ3v) is 3.90. The van der Waals surface area contributed by atoms with Gasteiger partial charge in [-0.1, -0.05) is 30.3 Å². The van der Waals surface area contributed by atoms with Crippen LogP contribution in [-0.2, 0) is 6.61 Å². The van der Waals surface area contributed by atoms with Gasteiger partial charge in [0.15, 0.2) is 0 Å². The number of benzene rings is 2. The van der Waals surface area contributed by atoms with E-state index in [0.29, 0.717) is 28.2 Å². The second kappa shape index (κ2) is 7.67. The van der Waals surface area contributed by atoms with Gasteiger partial charge in [0.2, 0.25) is 5.76 Å². The number of rotatable bonds is 6. The first kappa shape index (κ1) is 19.3. The lowest BCUT2D eigenvalue weighted by molar-refractivity contribution is -0.274. The highest BCUT2D eigenvalue weighted by molar-refractivity contribution is 5.84. The summed E-state index contributed by atoms with van der Waals surface area (Å²) in [5.41, 5.74) is 1.41. The fourth-order valence-corrected chi connectivity index (χ4v) is 2.58. The summed E-state index contributed by atoms with van der Waals surface area (Å²) in [6.07, 6.45) is -4.78. The summed E-state index contributed by atoms with van der Waals surface area (Å²) in [7, 11) is 0. The molecule has 1 heterocycles. The number of halogens is 3. The van der Waals surface area contributed by atoms with Gasteiger partial charge >= 0.3 is 12.3 Å². The molecule has 5 nitrogen and oxygen atoms in total. The van der Waals surface area contributed by atoms with Crippen LogP contribution in [0.15, 0.2) is 59.0 Å². The summed E-state index contributed by atoms with van der Waals surface area (Å²) < 4.78 is 52.5. The lowest BCUT2D eigenvalue weighted by Crippen LogP contribution is -2.17. The van der Waals surface area contributed by atoms with Crippen molar-refractivity contribution in [3.8, 4) is 22.6 Å². The zero-order chi connectivity index (χ0) is 20.3. The second-order valence-corrected chi connectivity index (χ2v) is 5.85. The van der Waals surface area contributed by atoms with Gasteiger partial charge in [-0.05, 0) is 36.8 Å². The topological polar surface area (TPSA) is 68.9 Å². The van der Waals surface area contributed by atoms with Gasteiger partial charge < -0.3 is 19.0 Å². The van der Waals surface area contributed by atoms with Gasteiger partial charge in [0.25, 0.3) is 0 Å². The maximum Gasteiger partial charge on any atom is 0.573 e. The highest BCUT2D eigenvalue weighted by atomic mass is 19.4. The normalized spacial score (nSPS) is 11.3. The van der Waals surface area contributed by atoms with E-state index in [1.807, 2.05) is 0 Å². The monoisotopic (exact) mass is 392 g/mol. The van der Waals surface area contributed by atoms with Crippen LogP contribution in [0, 0.1) is 6.92 Å². The molecular weight excluding hydrogens is 377 g/mol. The molecule has 0 saturated carbocycles. The Balaban J connectivity index is 1.73. The fraction of sp³-hybridized carbons (Fsp3) is 0.150. The number of hydrogen-bond acceptors (Lipinski definition) is 4. The van der Waals surface area contributed by atoms with Gasteiger partial charge in [0.1, 0.15) is 23.9 Å². The molecule has 146 valence electrons. The van der Waals surface area contributed by atoms with E-state index in [4.69, 9.17) is 14.3 Å².